The summed E-state index contributed by atoms with van der Waals surface area (Å²) in [6.45, 7) is 0.466. The summed E-state index contributed by atoms with van der Waals surface area (Å²) >= 11 is 7.29. The summed E-state index contributed by atoms with van der Waals surface area (Å²) in [7, 11) is 1.62. The van der Waals surface area contributed by atoms with Gasteiger partial charge in [-0.3, -0.25) is 4.79 Å². The summed E-state index contributed by atoms with van der Waals surface area (Å²) < 4.78 is 10.7. The smallest absolute Gasteiger partial charge is 0.226 e. The van der Waals surface area contributed by atoms with Crippen molar-refractivity contribution in [3.8, 4) is 22.8 Å². The fraction of sp³-hybridized carbons (Fsp3) is 0.200. The molecule has 0 aliphatic heterocycles. The Balaban J connectivity index is 1.42. The quantitative estimate of drug-likeness (QED) is 0.521. The van der Waals surface area contributed by atoms with E-state index in [4.69, 9.17) is 21.1 Å². The van der Waals surface area contributed by atoms with E-state index in [0.29, 0.717) is 29.6 Å². The number of anilines is 1. The lowest BCUT2D eigenvalue weighted by Crippen LogP contribution is -2.12. The van der Waals surface area contributed by atoms with Gasteiger partial charge in [-0.1, -0.05) is 23.7 Å². The minimum atomic E-state index is -0.0784. The Labute approximate surface area is 166 Å². The van der Waals surface area contributed by atoms with Crippen LogP contribution < -0.4 is 14.8 Å². The highest BCUT2D eigenvalue weighted by Crippen LogP contribution is 2.26. The predicted molar refractivity (Wildman–Crippen MR) is 109 cm³/mol. The van der Waals surface area contributed by atoms with Crippen LogP contribution in [0, 0.1) is 0 Å². The molecular formula is C20H19ClN2O3S. The van der Waals surface area contributed by atoms with Crippen LogP contribution in [0.2, 0.25) is 5.02 Å². The number of nitrogens with one attached hydrogen (secondary N) is 1. The van der Waals surface area contributed by atoms with Crippen molar-refractivity contribution < 1.29 is 14.3 Å². The molecule has 1 heterocycles. The van der Waals surface area contributed by atoms with Gasteiger partial charge in [-0.15, -0.1) is 11.3 Å². The Morgan fingerprint density at radius 1 is 1.11 bits per heavy atom. The van der Waals surface area contributed by atoms with Crippen LogP contribution in [-0.4, -0.2) is 24.6 Å². The van der Waals surface area contributed by atoms with Gasteiger partial charge in [0.05, 0.1) is 19.4 Å². The van der Waals surface area contributed by atoms with Crippen molar-refractivity contribution >= 4 is 34.0 Å². The molecule has 1 aromatic heterocycles. The summed E-state index contributed by atoms with van der Waals surface area (Å²) in [4.78, 5) is 16.5. The van der Waals surface area contributed by atoms with Crippen LogP contribution in [-0.2, 0) is 4.79 Å². The lowest BCUT2D eigenvalue weighted by molar-refractivity contribution is -0.116. The number of carbonyl (C=O) groups is 1. The maximum Gasteiger partial charge on any atom is 0.226 e. The van der Waals surface area contributed by atoms with Crippen LogP contribution >= 0.6 is 22.9 Å². The lowest BCUT2D eigenvalue weighted by atomic mass is 10.2. The third-order valence-electron chi connectivity index (χ3n) is 3.77. The molecule has 5 nitrogen and oxygen atoms in total. The van der Waals surface area contributed by atoms with E-state index in [1.54, 1.807) is 7.11 Å². The van der Waals surface area contributed by atoms with E-state index in [1.807, 2.05) is 53.9 Å². The van der Waals surface area contributed by atoms with E-state index in [-0.39, 0.29) is 5.91 Å². The summed E-state index contributed by atoms with van der Waals surface area (Å²) in [5, 5.41) is 6.00. The van der Waals surface area contributed by atoms with Crippen molar-refractivity contribution in [1.82, 2.24) is 4.98 Å². The number of benzene rings is 2. The number of hydrogen-bond acceptors (Lipinski definition) is 5. The molecule has 0 saturated heterocycles. The number of hydrogen-bond donors (Lipinski definition) is 1. The molecule has 0 bridgehead atoms. The van der Waals surface area contributed by atoms with Crippen LogP contribution in [0.15, 0.2) is 53.9 Å². The van der Waals surface area contributed by atoms with Gasteiger partial charge in [0.2, 0.25) is 5.91 Å². The zero-order valence-corrected chi connectivity index (χ0v) is 16.3. The van der Waals surface area contributed by atoms with E-state index in [2.05, 4.69) is 10.3 Å². The molecule has 0 spiro atoms. The first-order valence-corrected chi connectivity index (χ1v) is 9.68. The van der Waals surface area contributed by atoms with Gasteiger partial charge in [0.25, 0.3) is 0 Å². The third kappa shape index (κ3) is 5.70. The van der Waals surface area contributed by atoms with Gasteiger partial charge < -0.3 is 14.8 Å². The first-order valence-electron chi connectivity index (χ1n) is 8.42. The van der Waals surface area contributed by atoms with E-state index in [1.165, 1.54) is 11.3 Å². The summed E-state index contributed by atoms with van der Waals surface area (Å²) in [5.74, 6) is 1.46. The number of rotatable bonds is 8. The number of aromatic nitrogens is 1. The highest BCUT2D eigenvalue weighted by molar-refractivity contribution is 7.14. The topological polar surface area (TPSA) is 60.5 Å². The normalized spacial score (nSPS) is 10.4. The van der Waals surface area contributed by atoms with E-state index in [0.717, 1.165) is 22.8 Å². The largest absolute Gasteiger partial charge is 0.497 e. The molecule has 3 aromatic rings. The van der Waals surface area contributed by atoms with Crippen molar-refractivity contribution in [2.45, 2.75) is 12.8 Å². The van der Waals surface area contributed by atoms with Crippen molar-refractivity contribution in [2.75, 3.05) is 19.0 Å². The highest BCUT2D eigenvalue weighted by Gasteiger charge is 2.08. The SMILES string of the molecule is COc1ccc(OCCCC(=O)Nc2nc(-c3ccc(Cl)cc3)cs2)cc1. The predicted octanol–water partition coefficient (Wildman–Crippen LogP) is 5.27. The number of ether oxygens (including phenoxy) is 2. The van der Waals surface area contributed by atoms with Gasteiger partial charge in [0.15, 0.2) is 5.13 Å². The minimum Gasteiger partial charge on any atom is -0.497 e. The van der Waals surface area contributed by atoms with E-state index >= 15 is 0 Å². The summed E-state index contributed by atoms with van der Waals surface area (Å²) in [6, 6.07) is 14.8. The molecule has 0 saturated carbocycles. The molecule has 27 heavy (non-hydrogen) atoms. The minimum absolute atomic E-state index is 0.0784. The Hall–Kier alpha value is -2.57. The third-order valence-corrected chi connectivity index (χ3v) is 4.78. The zero-order chi connectivity index (χ0) is 19.1. The molecular weight excluding hydrogens is 384 g/mol. The molecule has 7 heteroatoms. The van der Waals surface area contributed by atoms with Crippen molar-refractivity contribution in [3.05, 3.63) is 58.9 Å². The van der Waals surface area contributed by atoms with Gasteiger partial charge in [-0.2, -0.15) is 0 Å². The van der Waals surface area contributed by atoms with Crippen LogP contribution in [0.1, 0.15) is 12.8 Å². The second-order valence-corrected chi connectivity index (χ2v) is 7.02. The molecule has 1 amide bonds. The molecule has 1 N–H and O–H groups in total. The molecule has 3 rings (SSSR count). The van der Waals surface area contributed by atoms with Gasteiger partial charge in [0.1, 0.15) is 11.5 Å². The van der Waals surface area contributed by atoms with Crippen LogP contribution in [0.3, 0.4) is 0 Å². The van der Waals surface area contributed by atoms with Crippen molar-refractivity contribution in [3.63, 3.8) is 0 Å². The van der Waals surface area contributed by atoms with E-state index in [9.17, 15) is 4.79 Å². The molecule has 0 radical (unpaired) electrons. The number of amides is 1. The van der Waals surface area contributed by atoms with E-state index < -0.39 is 0 Å². The number of halogens is 1. The van der Waals surface area contributed by atoms with Crippen molar-refractivity contribution in [2.24, 2.45) is 0 Å². The number of carbonyl (C=O) groups excluding carboxylic acids is 1. The van der Waals surface area contributed by atoms with Crippen LogP contribution in [0.5, 0.6) is 11.5 Å². The Morgan fingerprint density at radius 2 is 1.81 bits per heavy atom. The molecule has 0 atom stereocenters. The molecule has 0 aliphatic rings. The Kier molecular flexibility index (Phi) is 6.68. The van der Waals surface area contributed by atoms with Gasteiger partial charge in [-0.05, 0) is 42.8 Å². The zero-order valence-electron chi connectivity index (χ0n) is 14.8. The van der Waals surface area contributed by atoms with Gasteiger partial charge >= 0.3 is 0 Å². The second kappa shape index (κ2) is 9.39. The summed E-state index contributed by atoms with van der Waals surface area (Å²) in [6.07, 6.45) is 0.985. The maximum absolute atomic E-state index is 12.1. The lowest BCUT2D eigenvalue weighted by Gasteiger charge is -2.07. The fourth-order valence-electron chi connectivity index (χ4n) is 2.36. The number of methoxy groups -OCH3 is 1. The average Bonchev–Trinajstić information content (AvgIpc) is 3.14. The number of thiazole rings is 1. The highest BCUT2D eigenvalue weighted by atomic mass is 35.5. The molecule has 0 unspecified atom stereocenters. The van der Waals surface area contributed by atoms with Gasteiger partial charge in [0, 0.05) is 22.4 Å². The Morgan fingerprint density at radius 3 is 2.52 bits per heavy atom. The van der Waals surface area contributed by atoms with Crippen molar-refractivity contribution in [1.29, 1.82) is 0 Å². The van der Waals surface area contributed by atoms with Crippen LogP contribution in [0.25, 0.3) is 11.3 Å². The molecule has 140 valence electrons. The monoisotopic (exact) mass is 402 g/mol. The van der Waals surface area contributed by atoms with Gasteiger partial charge in [-0.25, -0.2) is 4.98 Å². The Bertz CT molecular complexity index is 879. The first-order chi connectivity index (χ1) is 13.1. The molecule has 0 fully saturated rings. The second-order valence-electron chi connectivity index (χ2n) is 5.72. The molecule has 0 aliphatic carbocycles. The number of nitrogens with zero attached hydrogens (tertiary/aromatic N) is 1. The fourth-order valence-corrected chi connectivity index (χ4v) is 3.22. The maximum atomic E-state index is 12.1. The van der Waals surface area contributed by atoms with Crippen LogP contribution in [0.4, 0.5) is 5.13 Å². The standard InChI is InChI=1S/C20H19ClN2O3S/c1-25-16-8-10-17(11-9-16)26-12-2-3-19(24)23-20-22-18(13-27-20)14-4-6-15(21)7-5-14/h4-11,13H,2-3,12H2,1H3,(H,22,23,24). The molecule has 2 aromatic carbocycles. The summed E-state index contributed by atoms with van der Waals surface area (Å²) in [5.41, 5.74) is 1.78. The first kappa shape index (κ1) is 19.2. The average molecular weight is 403 g/mol.